The van der Waals surface area contributed by atoms with Gasteiger partial charge in [0.05, 0.1) is 39.1 Å². The van der Waals surface area contributed by atoms with Gasteiger partial charge in [0.25, 0.3) is 5.91 Å². The van der Waals surface area contributed by atoms with Gasteiger partial charge in [0, 0.05) is 10.0 Å². The first-order valence-corrected chi connectivity index (χ1v) is 9.79. The van der Waals surface area contributed by atoms with E-state index in [2.05, 4.69) is 42.4 Å². The normalized spacial score (nSPS) is 10.6. The van der Waals surface area contributed by atoms with Crippen LogP contribution in [0.4, 0.5) is 0 Å². The van der Waals surface area contributed by atoms with Gasteiger partial charge in [-0.25, -0.2) is 5.43 Å². The molecule has 0 atom stereocenters. The van der Waals surface area contributed by atoms with Crippen molar-refractivity contribution in [3.8, 4) is 28.7 Å². The van der Waals surface area contributed by atoms with Crippen molar-refractivity contribution < 1.29 is 28.5 Å². The van der Waals surface area contributed by atoms with Crippen LogP contribution in [0.15, 0.2) is 38.3 Å². The van der Waals surface area contributed by atoms with Crippen LogP contribution < -0.4 is 29.1 Å². The van der Waals surface area contributed by atoms with Gasteiger partial charge in [0.15, 0.2) is 29.6 Å². The van der Waals surface area contributed by atoms with Crippen LogP contribution in [-0.4, -0.2) is 47.2 Å². The molecule has 0 heterocycles. The molecule has 0 unspecified atom stereocenters. The van der Waals surface area contributed by atoms with E-state index in [1.165, 1.54) is 34.7 Å². The number of methoxy groups -OCH3 is 4. The highest BCUT2D eigenvalue weighted by atomic mass is 79.9. The van der Waals surface area contributed by atoms with E-state index in [9.17, 15) is 4.79 Å². The lowest BCUT2D eigenvalue weighted by molar-refractivity contribution is -0.123. The largest absolute Gasteiger partial charge is 0.493 e. The molecule has 29 heavy (non-hydrogen) atoms. The molecule has 1 N–H and O–H groups in total. The van der Waals surface area contributed by atoms with Gasteiger partial charge < -0.3 is 23.7 Å². The van der Waals surface area contributed by atoms with Gasteiger partial charge in [-0.15, -0.1) is 0 Å². The van der Waals surface area contributed by atoms with Crippen molar-refractivity contribution in [2.45, 2.75) is 0 Å². The fraction of sp³-hybridized carbons (Fsp3) is 0.263. The summed E-state index contributed by atoms with van der Waals surface area (Å²) in [4.78, 5) is 12.0. The summed E-state index contributed by atoms with van der Waals surface area (Å²) in [6.07, 6.45) is 1.46. The topological polar surface area (TPSA) is 87.6 Å². The zero-order valence-corrected chi connectivity index (χ0v) is 19.4. The number of halogens is 2. The minimum absolute atomic E-state index is 0.247. The van der Waals surface area contributed by atoms with E-state index in [0.717, 1.165) is 4.47 Å². The summed E-state index contributed by atoms with van der Waals surface area (Å²) < 4.78 is 28.1. The number of rotatable bonds is 9. The molecule has 0 aliphatic rings. The van der Waals surface area contributed by atoms with Gasteiger partial charge in [-0.05, 0) is 40.2 Å². The Hall–Kier alpha value is -2.46. The number of nitrogens with zero attached hydrogens (tertiary/aromatic N) is 1. The van der Waals surface area contributed by atoms with E-state index in [4.69, 9.17) is 23.7 Å². The number of amides is 1. The maximum absolute atomic E-state index is 12.0. The van der Waals surface area contributed by atoms with Crippen molar-refractivity contribution in [1.29, 1.82) is 0 Å². The zero-order chi connectivity index (χ0) is 21.4. The summed E-state index contributed by atoms with van der Waals surface area (Å²) in [5.74, 6) is 1.90. The molecule has 8 nitrogen and oxygen atoms in total. The molecule has 0 spiro atoms. The first kappa shape index (κ1) is 22.8. The molecule has 0 saturated carbocycles. The first-order valence-electron chi connectivity index (χ1n) is 8.21. The van der Waals surface area contributed by atoms with Gasteiger partial charge in [-0.2, -0.15) is 5.10 Å². The van der Waals surface area contributed by atoms with E-state index < -0.39 is 5.91 Å². The van der Waals surface area contributed by atoms with E-state index in [1.807, 2.05) is 0 Å². The van der Waals surface area contributed by atoms with Gasteiger partial charge >= 0.3 is 0 Å². The molecule has 156 valence electrons. The molecule has 2 aromatic carbocycles. The molecule has 0 aromatic heterocycles. The molecule has 0 saturated heterocycles. The standard InChI is InChI=1S/C19H20Br2N2O6/c1-25-14-5-11(6-15(26-2)19(14)28-4)9-22-23-17(24)10-29-18-13(21)7-12(20)8-16(18)27-3/h5-9H,10H2,1-4H3,(H,23,24)/b22-9-. The molecule has 0 radical (unpaired) electrons. The van der Waals surface area contributed by atoms with E-state index in [0.29, 0.717) is 38.8 Å². The van der Waals surface area contributed by atoms with Crippen LogP contribution in [0.25, 0.3) is 0 Å². The highest BCUT2D eigenvalue weighted by molar-refractivity contribution is 9.11. The molecular weight excluding hydrogens is 512 g/mol. The third-order valence-corrected chi connectivity index (χ3v) is 4.68. The van der Waals surface area contributed by atoms with Crippen LogP contribution in [0.2, 0.25) is 0 Å². The summed E-state index contributed by atoms with van der Waals surface area (Å²) >= 11 is 6.74. The number of hydrogen-bond acceptors (Lipinski definition) is 7. The third kappa shape index (κ3) is 6.01. The van der Waals surface area contributed by atoms with Crippen LogP contribution in [0.5, 0.6) is 28.7 Å². The number of hydrazone groups is 1. The number of nitrogens with one attached hydrogen (secondary N) is 1. The number of ether oxygens (including phenoxy) is 5. The highest BCUT2D eigenvalue weighted by Crippen LogP contribution is 2.38. The Balaban J connectivity index is 2.02. The fourth-order valence-electron chi connectivity index (χ4n) is 2.35. The smallest absolute Gasteiger partial charge is 0.277 e. The molecular formula is C19H20Br2N2O6. The Labute approximate surface area is 185 Å². The lowest BCUT2D eigenvalue weighted by atomic mass is 10.2. The number of carbonyl (C=O) groups is 1. The summed E-state index contributed by atoms with van der Waals surface area (Å²) in [5.41, 5.74) is 3.05. The molecule has 0 aliphatic carbocycles. The quantitative estimate of drug-likeness (QED) is 0.391. The minimum Gasteiger partial charge on any atom is -0.493 e. The maximum Gasteiger partial charge on any atom is 0.277 e. The Morgan fingerprint density at radius 1 is 0.931 bits per heavy atom. The van der Waals surface area contributed by atoms with E-state index in [-0.39, 0.29) is 6.61 Å². The van der Waals surface area contributed by atoms with Crippen LogP contribution in [0.3, 0.4) is 0 Å². The summed E-state index contributed by atoms with van der Waals surface area (Å²) in [7, 11) is 6.08. The van der Waals surface area contributed by atoms with Crippen molar-refractivity contribution >= 4 is 44.0 Å². The predicted molar refractivity (Wildman–Crippen MR) is 116 cm³/mol. The van der Waals surface area contributed by atoms with Gasteiger partial charge in [0.2, 0.25) is 5.75 Å². The van der Waals surface area contributed by atoms with E-state index in [1.54, 1.807) is 24.3 Å². The van der Waals surface area contributed by atoms with Crippen molar-refractivity contribution in [3.63, 3.8) is 0 Å². The van der Waals surface area contributed by atoms with Gasteiger partial charge in [0.1, 0.15) is 0 Å². The molecule has 0 aliphatic heterocycles. The second-order valence-electron chi connectivity index (χ2n) is 5.46. The summed E-state index contributed by atoms with van der Waals surface area (Å²) in [6, 6.07) is 6.94. The molecule has 2 aromatic rings. The van der Waals surface area contributed by atoms with Crippen molar-refractivity contribution in [2.75, 3.05) is 35.0 Å². The van der Waals surface area contributed by atoms with Crippen molar-refractivity contribution in [1.82, 2.24) is 5.43 Å². The summed E-state index contributed by atoms with van der Waals surface area (Å²) in [5, 5.41) is 3.93. The van der Waals surface area contributed by atoms with Crippen molar-refractivity contribution in [3.05, 3.63) is 38.8 Å². The van der Waals surface area contributed by atoms with Crippen LogP contribution in [-0.2, 0) is 4.79 Å². The lowest BCUT2D eigenvalue weighted by Crippen LogP contribution is -2.24. The molecule has 10 heteroatoms. The Morgan fingerprint density at radius 2 is 1.52 bits per heavy atom. The zero-order valence-electron chi connectivity index (χ0n) is 16.2. The fourth-order valence-corrected chi connectivity index (χ4v) is 3.65. The van der Waals surface area contributed by atoms with Crippen LogP contribution in [0, 0.1) is 0 Å². The van der Waals surface area contributed by atoms with E-state index >= 15 is 0 Å². The monoisotopic (exact) mass is 530 g/mol. The number of hydrogen-bond donors (Lipinski definition) is 1. The second kappa shape index (κ2) is 10.9. The maximum atomic E-state index is 12.0. The SMILES string of the molecule is COc1cc(Br)cc(Br)c1OCC(=O)N/N=C\c1cc(OC)c(OC)c(OC)c1. The number of benzene rings is 2. The predicted octanol–water partition coefficient (Wildman–Crippen LogP) is 3.78. The Morgan fingerprint density at radius 3 is 2.07 bits per heavy atom. The van der Waals surface area contributed by atoms with Gasteiger partial charge in [-0.1, -0.05) is 15.9 Å². The average molecular weight is 532 g/mol. The van der Waals surface area contributed by atoms with Gasteiger partial charge in [-0.3, -0.25) is 4.79 Å². The third-order valence-electron chi connectivity index (χ3n) is 3.63. The van der Waals surface area contributed by atoms with Crippen LogP contribution in [0.1, 0.15) is 5.56 Å². The molecule has 0 fully saturated rings. The molecule has 1 amide bonds. The minimum atomic E-state index is -0.439. The van der Waals surface area contributed by atoms with Crippen LogP contribution >= 0.6 is 31.9 Å². The van der Waals surface area contributed by atoms with Crippen molar-refractivity contribution in [2.24, 2.45) is 5.10 Å². The summed E-state index contributed by atoms with van der Waals surface area (Å²) in [6.45, 7) is -0.247. The average Bonchev–Trinajstić information content (AvgIpc) is 2.71. The number of carbonyl (C=O) groups excluding carboxylic acids is 1. The lowest BCUT2D eigenvalue weighted by Gasteiger charge is -2.13. The highest BCUT2D eigenvalue weighted by Gasteiger charge is 2.14. The Bertz CT molecular complexity index is 880. The first-order chi connectivity index (χ1) is 13.9. The second-order valence-corrected chi connectivity index (χ2v) is 7.23. The molecule has 0 bridgehead atoms. The molecule has 2 rings (SSSR count). The Kier molecular flexibility index (Phi) is 8.59.